The van der Waals surface area contributed by atoms with Crippen LogP contribution in [0.3, 0.4) is 0 Å². The number of nitrogens with zero attached hydrogens (tertiary/aromatic N) is 2. The molecule has 20 heavy (non-hydrogen) atoms. The van der Waals surface area contributed by atoms with E-state index in [9.17, 15) is 4.39 Å². The Morgan fingerprint density at radius 3 is 2.40 bits per heavy atom. The second-order valence-corrected chi connectivity index (χ2v) is 5.70. The Labute approximate surface area is 128 Å². The normalized spacial score (nSPS) is 12.7. The van der Waals surface area contributed by atoms with Gasteiger partial charge in [-0.25, -0.2) is 4.39 Å². The molecule has 0 aliphatic carbocycles. The van der Waals surface area contributed by atoms with E-state index in [1.54, 1.807) is 16.8 Å². The van der Waals surface area contributed by atoms with Gasteiger partial charge in [-0.3, -0.25) is 4.68 Å². The van der Waals surface area contributed by atoms with E-state index in [1.807, 2.05) is 14.0 Å². The molecule has 0 aliphatic rings. The molecule has 108 valence electrons. The zero-order valence-corrected chi connectivity index (χ0v) is 13.0. The van der Waals surface area contributed by atoms with Crippen LogP contribution in [-0.2, 0) is 19.9 Å². The van der Waals surface area contributed by atoms with Crippen molar-refractivity contribution in [3.8, 4) is 0 Å². The van der Waals surface area contributed by atoms with Crippen molar-refractivity contribution in [3.63, 3.8) is 0 Å². The van der Waals surface area contributed by atoms with E-state index in [1.165, 1.54) is 12.1 Å². The van der Waals surface area contributed by atoms with Gasteiger partial charge in [-0.1, -0.05) is 23.7 Å². The van der Waals surface area contributed by atoms with Gasteiger partial charge in [0.1, 0.15) is 11.0 Å². The minimum atomic E-state index is -0.220. The van der Waals surface area contributed by atoms with Gasteiger partial charge in [0.05, 0.1) is 5.69 Å². The van der Waals surface area contributed by atoms with E-state index in [4.69, 9.17) is 23.2 Å². The van der Waals surface area contributed by atoms with E-state index < -0.39 is 0 Å². The Morgan fingerprint density at radius 1 is 1.25 bits per heavy atom. The maximum Gasteiger partial charge on any atom is 0.130 e. The maximum atomic E-state index is 12.9. The van der Waals surface area contributed by atoms with Gasteiger partial charge in [0, 0.05) is 18.5 Å². The zero-order chi connectivity index (χ0) is 14.7. The Morgan fingerprint density at radius 2 is 1.90 bits per heavy atom. The van der Waals surface area contributed by atoms with Crippen molar-refractivity contribution in [2.45, 2.75) is 19.8 Å². The number of benzene rings is 1. The monoisotopic (exact) mass is 314 g/mol. The van der Waals surface area contributed by atoms with Crippen molar-refractivity contribution >= 4 is 23.2 Å². The summed E-state index contributed by atoms with van der Waals surface area (Å²) in [6.45, 7) is 1.95. The van der Waals surface area contributed by atoms with Crippen LogP contribution in [0.1, 0.15) is 16.8 Å². The summed E-state index contributed by atoms with van der Waals surface area (Å²) in [5, 5.41) is 4.97. The van der Waals surface area contributed by atoms with Gasteiger partial charge < -0.3 is 0 Å². The Bertz CT molecular complexity index is 578. The van der Waals surface area contributed by atoms with Gasteiger partial charge in [0.15, 0.2) is 0 Å². The first-order valence-corrected chi connectivity index (χ1v) is 7.41. The third-order valence-electron chi connectivity index (χ3n) is 3.42. The molecule has 2 nitrogen and oxygen atoms in total. The van der Waals surface area contributed by atoms with Gasteiger partial charge in [-0.15, -0.1) is 11.6 Å². The topological polar surface area (TPSA) is 17.8 Å². The lowest BCUT2D eigenvalue weighted by Gasteiger charge is -2.14. The number of alkyl halides is 1. The quantitative estimate of drug-likeness (QED) is 0.758. The minimum Gasteiger partial charge on any atom is -0.257 e. The number of hydrogen-bond donors (Lipinski definition) is 0. The van der Waals surface area contributed by atoms with Crippen LogP contribution in [0.2, 0.25) is 5.15 Å². The van der Waals surface area contributed by atoms with Crippen molar-refractivity contribution in [3.05, 3.63) is 52.1 Å². The molecule has 1 aromatic carbocycles. The standard InChI is InChI=1S/C15H17Cl2FN2/c1-10-14(15(17)20(2)19-10)8-12(9-16)7-11-3-5-13(18)6-4-11/h3-6,12H,7-9H2,1-2H3. The summed E-state index contributed by atoms with van der Waals surface area (Å²) in [6.07, 6.45) is 1.58. The summed E-state index contributed by atoms with van der Waals surface area (Å²) >= 11 is 12.3. The first-order valence-electron chi connectivity index (χ1n) is 6.49. The Hall–Kier alpha value is -1.06. The molecule has 0 aliphatic heterocycles. The first-order chi connectivity index (χ1) is 9.51. The van der Waals surface area contributed by atoms with Gasteiger partial charge >= 0.3 is 0 Å². The number of hydrogen-bond acceptors (Lipinski definition) is 1. The molecule has 0 radical (unpaired) electrons. The van der Waals surface area contributed by atoms with Gasteiger partial charge in [-0.05, 0) is 43.4 Å². The van der Waals surface area contributed by atoms with Crippen LogP contribution < -0.4 is 0 Å². The molecule has 1 atom stereocenters. The van der Waals surface area contributed by atoms with Crippen LogP contribution in [0.25, 0.3) is 0 Å². The molecule has 5 heteroatoms. The van der Waals surface area contributed by atoms with Gasteiger partial charge in [0.25, 0.3) is 0 Å². The summed E-state index contributed by atoms with van der Waals surface area (Å²) in [7, 11) is 1.83. The average Bonchev–Trinajstić information content (AvgIpc) is 2.66. The van der Waals surface area contributed by atoms with Crippen LogP contribution in [0.5, 0.6) is 0 Å². The van der Waals surface area contributed by atoms with Crippen LogP contribution >= 0.6 is 23.2 Å². The predicted molar refractivity (Wildman–Crippen MR) is 81.0 cm³/mol. The van der Waals surface area contributed by atoms with E-state index >= 15 is 0 Å². The highest BCUT2D eigenvalue weighted by atomic mass is 35.5. The summed E-state index contributed by atoms with van der Waals surface area (Å²) in [6, 6.07) is 6.55. The lowest BCUT2D eigenvalue weighted by molar-refractivity contribution is 0.579. The van der Waals surface area contributed by atoms with Crippen LogP contribution in [0.4, 0.5) is 4.39 Å². The smallest absolute Gasteiger partial charge is 0.130 e. The Kier molecular flexibility index (Phi) is 5.06. The van der Waals surface area contributed by atoms with Crippen molar-refractivity contribution in [1.29, 1.82) is 0 Å². The van der Waals surface area contributed by atoms with Crippen molar-refractivity contribution in [1.82, 2.24) is 9.78 Å². The fourth-order valence-corrected chi connectivity index (χ4v) is 2.80. The molecule has 0 bridgehead atoms. The fraction of sp³-hybridized carbons (Fsp3) is 0.400. The van der Waals surface area contributed by atoms with Crippen molar-refractivity contribution in [2.24, 2.45) is 13.0 Å². The fourth-order valence-electron chi connectivity index (χ4n) is 2.33. The Balaban J connectivity index is 2.11. The molecular formula is C15H17Cl2FN2. The molecule has 1 heterocycles. The third-order valence-corrected chi connectivity index (χ3v) is 4.33. The highest BCUT2D eigenvalue weighted by Crippen LogP contribution is 2.24. The molecule has 1 aromatic heterocycles. The van der Waals surface area contributed by atoms with Gasteiger partial charge in [-0.2, -0.15) is 5.10 Å². The summed E-state index contributed by atoms with van der Waals surface area (Å²) < 4.78 is 14.6. The SMILES string of the molecule is Cc1nn(C)c(Cl)c1CC(CCl)Cc1ccc(F)cc1. The molecule has 0 spiro atoms. The molecule has 1 unspecified atom stereocenters. The predicted octanol–water partition coefficient (Wildman–Crippen LogP) is 4.16. The molecule has 2 aromatic rings. The van der Waals surface area contributed by atoms with Crippen LogP contribution in [0, 0.1) is 18.7 Å². The summed E-state index contributed by atoms with van der Waals surface area (Å²) in [4.78, 5) is 0. The second kappa shape index (κ2) is 6.59. The summed E-state index contributed by atoms with van der Waals surface area (Å²) in [5.41, 5.74) is 3.06. The molecule has 0 amide bonds. The first kappa shape index (κ1) is 15.3. The molecule has 0 saturated heterocycles. The van der Waals surface area contributed by atoms with Gasteiger partial charge in [0.2, 0.25) is 0 Å². The van der Waals surface area contributed by atoms with E-state index in [-0.39, 0.29) is 11.7 Å². The van der Waals surface area contributed by atoms with E-state index in [0.717, 1.165) is 29.7 Å². The number of halogens is 3. The molecule has 2 rings (SSSR count). The van der Waals surface area contributed by atoms with E-state index in [2.05, 4.69) is 5.10 Å². The minimum absolute atomic E-state index is 0.220. The lowest BCUT2D eigenvalue weighted by Crippen LogP contribution is -2.11. The zero-order valence-electron chi connectivity index (χ0n) is 11.5. The highest BCUT2D eigenvalue weighted by Gasteiger charge is 2.17. The third kappa shape index (κ3) is 3.53. The van der Waals surface area contributed by atoms with Crippen molar-refractivity contribution < 1.29 is 4.39 Å². The second-order valence-electron chi connectivity index (χ2n) is 5.03. The average molecular weight is 315 g/mol. The van der Waals surface area contributed by atoms with Crippen molar-refractivity contribution in [2.75, 3.05) is 5.88 Å². The van der Waals surface area contributed by atoms with E-state index in [0.29, 0.717) is 11.0 Å². The largest absolute Gasteiger partial charge is 0.257 e. The summed E-state index contributed by atoms with van der Waals surface area (Å²) in [5.74, 6) is 0.562. The van der Waals surface area contributed by atoms with Crippen LogP contribution in [0.15, 0.2) is 24.3 Å². The number of rotatable bonds is 5. The van der Waals surface area contributed by atoms with Crippen LogP contribution in [-0.4, -0.2) is 15.7 Å². The molecule has 0 saturated carbocycles. The molecule has 0 N–H and O–H groups in total. The lowest BCUT2D eigenvalue weighted by atomic mass is 9.94. The molecule has 0 fully saturated rings. The number of aromatic nitrogens is 2. The highest BCUT2D eigenvalue weighted by molar-refractivity contribution is 6.30. The number of aryl methyl sites for hydroxylation is 2. The molecular weight excluding hydrogens is 298 g/mol. The maximum absolute atomic E-state index is 12.9.